The van der Waals surface area contributed by atoms with Gasteiger partial charge in [-0.25, -0.2) is 9.97 Å². The SMILES string of the molecule is CCNc1nc(C(O)CC)nc2[nH]ccc12. The summed E-state index contributed by atoms with van der Waals surface area (Å²) in [5.74, 6) is 1.24. The lowest BCUT2D eigenvalue weighted by molar-refractivity contribution is 0.164. The molecular weight excluding hydrogens is 204 g/mol. The lowest BCUT2D eigenvalue weighted by atomic mass is 10.2. The van der Waals surface area contributed by atoms with Crippen LogP contribution in [0.5, 0.6) is 0 Å². The molecule has 2 aromatic heterocycles. The van der Waals surface area contributed by atoms with Crippen molar-refractivity contribution in [1.82, 2.24) is 15.0 Å². The summed E-state index contributed by atoms with van der Waals surface area (Å²) in [5, 5.41) is 13.9. The smallest absolute Gasteiger partial charge is 0.161 e. The number of hydrogen-bond donors (Lipinski definition) is 3. The second kappa shape index (κ2) is 4.49. The Labute approximate surface area is 93.9 Å². The van der Waals surface area contributed by atoms with Crippen molar-refractivity contribution in [2.45, 2.75) is 26.4 Å². The Hall–Kier alpha value is -1.62. The molecule has 2 aromatic rings. The van der Waals surface area contributed by atoms with E-state index in [1.54, 1.807) is 0 Å². The summed E-state index contributed by atoms with van der Waals surface area (Å²) >= 11 is 0. The first kappa shape index (κ1) is 10.9. The molecule has 3 N–H and O–H groups in total. The zero-order valence-corrected chi connectivity index (χ0v) is 9.49. The number of anilines is 1. The van der Waals surface area contributed by atoms with E-state index in [-0.39, 0.29) is 0 Å². The van der Waals surface area contributed by atoms with Crippen LogP contribution in [0, 0.1) is 0 Å². The van der Waals surface area contributed by atoms with Gasteiger partial charge in [-0.15, -0.1) is 0 Å². The van der Waals surface area contributed by atoms with Gasteiger partial charge in [0.2, 0.25) is 0 Å². The molecule has 1 unspecified atom stereocenters. The maximum atomic E-state index is 9.75. The molecule has 2 heterocycles. The third-order valence-electron chi connectivity index (χ3n) is 2.46. The second-order valence-electron chi connectivity index (χ2n) is 3.62. The van der Waals surface area contributed by atoms with Gasteiger partial charge in [0.15, 0.2) is 5.82 Å². The van der Waals surface area contributed by atoms with E-state index in [4.69, 9.17) is 0 Å². The van der Waals surface area contributed by atoms with Crippen LogP contribution in [0.2, 0.25) is 0 Å². The van der Waals surface area contributed by atoms with Crippen LogP contribution in [0.1, 0.15) is 32.2 Å². The van der Waals surface area contributed by atoms with E-state index in [9.17, 15) is 5.11 Å². The maximum absolute atomic E-state index is 9.75. The van der Waals surface area contributed by atoms with Crippen LogP contribution in [0.15, 0.2) is 12.3 Å². The molecule has 0 bridgehead atoms. The largest absolute Gasteiger partial charge is 0.385 e. The van der Waals surface area contributed by atoms with Crippen molar-refractivity contribution >= 4 is 16.9 Å². The quantitative estimate of drug-likeness (QED) is 0.735. The van der Waals surface area contributed by atoms with Gasteiger partial charge in [-0.1, -0.05) is 6.92 Å². The number of fused-ring (bicyclic) bond motifs is 1. The Balaban J connectivity index is 2.52. The highest BCUT2D eigenvalue weighted by Crippen LogP contribution is 2.22. The van der Waals surface area contributed by atoms with Gasteiger partial charge in [-0.3, -0.25) is 0 Å². The summed E-state index contributed by atoms with van der Waals surface area (Å²) in [5.41, 5.74) is 0.758. The number of aliphatic hydroxyl groups excluding tert-OH is 1. The molecule has 0 aliphatic heterocycles. The maximum Gasteiger partial charge on any atom is 0.161 e. The zero-order valence-electron chi connectivity index (χ0n) is 9.49. The van der Waals surface area contributed by atoms with E-state index in [1.807, 2.05) is 26.1 Å². The van der Waals surface area contributed by atoms with Crippen LogP contribution in [0.3, 0.4) is 0 Å². The molecule has 0 radical (unpaired) electrons. The third-order valence-corrected chi connectivity index (χ3v) is 2.46. The highest BCUT2D eigenvalue weighted by molar-refractivity contribution is 5.86. The van der Waals surface area contributed by atoms with E-state index in [0.717, 1.165) is 23.4 Å². The van der Waals surface area contributed by atoms with Gasteiger partial charge in [0, 0.05) is 12.7 Å². The molecule has 0 aromatic carbocycles. The van der Waals surface area contributed by atoms with Crippen molar-refractivity contribution in [3.8, 4) is 0 Å². The van der Waals surface area contributed by atoms with E-state index in [2.05, 4.69) is 20.3 Å². The minimum absolute atomic E-state index is 0.466. The first-order valence-corrected chi connectivity index (χ1v) is 5.53. The average molecular weight is 220 g/mol. The number of hydrogen-bond acceptors (Lipinski definition) is 4. The molecule has 16 heavy (non-hydrogen) atoms. The Morgan fingerprint density at radius 3 is 2.94 bits per heavy atom. The molecule has 1 atom stereocenters. The first-order chi connectivity index (χ1) is 7.76. The number of nitrogens with one attached hydrogen (secondary N) is 2. The molecule has 86 valence electrons. The van der Waals surface area contributed by atoms with Crippen molar-refractivity contribution < 1.29 is 5.11 Å². The fourth-order valence-corrected chi connectivity index (χ4v) is 1.59. The lowest BCUT2D eigenvalue weighted by Gasteiger charge is -2.10. The van der Waals surface area contributed by atoms with E-state index < -0.39 is 6.10 Å². The highest BCUT2D eigenvalue weighted by Gasteiger charge is 2.13. The van der Waals surface area contributed by atoms with Crippen molar-refractivity contribution in [3.63, 3.8) is 0 Å². The number of aromatic nitrogens is 3. The van der Waals surface area contributed by atoms with E-state index >= 15 is 0 Å². The topological polar surface area (TPSA) is 73.8 Å². The Kier molecular flexibility index (Phi) is 3.05. The average Bonchev–Trinajstić information content (AvgIpc) is 2.76. The van der Waals surface area contributed by atoms with Gasteiger partial charge in [-0.05, 0) is 19.4 Å². The van der Waals surface area contributed by atoms with Crippen LogP contribution in [0.25, 0.3) is 11.0 Å². The lowest BCUT2D eigenvalue weighted by Crippen LogP contribution is -2.07. The standard InChI is InChI=1S/C11H16N4O/c1-3-8(16)11-14-9(12-4-2)7-5-6-13-10(7)15-11/h5-6,8,16H,3-4H2,1-2H3,(H2,12,13,14,15). The van der Waals surface area contributed by atoms with Gasteiger partial charge in [0.25, 0.3) is 0 Å². The van der Waals surface area contributed by atoms with Crippen LogP contribution >= 0.6 is 0 Å². The monoisotopic (exact) mass is 220 g/mol. The molecule has 5 heteroatoms. The van der Waals surface area contributed by atoms with Gasteiger partial charge < -0.3 is 15.4 Å². The molecule has 0 aliphatic carbocycles. The number of rotatable bonds is 4. The minimum Gasteiger partial charge on any atom is -0.385 e. The van der Waals surface area contributed by atoms with E-state index in [0.29, 0.717) is 12.2 Å². The second-order valence-corrected chi connectivity index (χ2v) is 3.62. The van der Waals surface area contributed by atoms with Crippen molar-refractivity contribution in [2.24, 2.45) is 0 Å². The summed E-state index contributed by atoms with van der Waals surface area (Å²) in [4.78, 5) is 11.7. The molecule has 0 aliphatic rings. The van der Waals surface area contributed by atoms with Gasteiger partial charge in [0.05, 0.1) is 5.39 Å². The Morgan fingerprint density at radius 1 is 1.44 bits per heavy atom. The third kappa shape index (κ3) is 1.86. The fourth-order valence-electron chi connectivity index (χ4n) is 1.59. The van der Waals surface area contributed by atoms with Crippen LogP contribution < -0.4 is 5.32 Å². The molecule has 0 amide bonds. The van der Waals surface area contributed by atoms with Gasteiger partial charge in [-0.2, -0.15) is 0 Å². The van der Waals surface area contributed by atoms with Crippen LogP contribution in [0.4, 0.5) is 5.82 Å². The molecule has 0 spiro atoms. The minimum atomic E-state index is -0.606. The summed E-state index contributed by atoms with van der Waals surface area (Å²) in [6.45, 7) is 4.70. The summed E-state index contributed by atoms with van der Waals surface area (Å²) in [6, 6.07) is 1.93. The van der Waals surface area contributed by atoms with Gasteiger partial charge >= 0.3 is 0 Å². The zero-order chi connectivity index (χ0) is 11.5. The molecule has 0 saturated carbocycles. The van der Waals surface area contributed by atoms with Crippen LogP contribution in [-0.2, 0) is 0 Å². The Morgan fingerprint density at radius 2 is 2.25 bits per heavy atom. The number of nitrogens with zero attached hydrogens (tertiary/aromatic N) is 2. The highest BCUT2D eigenvalue weighted by atomic mass is 16.3. The normalized spacial score (nSPS) is 12.9. The number of H-pyrrole nitrogens is 1. The van der Waals surface area contributed by atoms with Gasteiger partial charge in [0.1, 0.15) is 17.6 Å². The molecule has 2 rings (SSSR count). The molecule has 5 nitrogen and oxygen atoms in total. The fraction of sp³-hybridized carbons (Fsp3) is 0.455. The summed E-state index contributed by atoms with van der Waals surface area (Å²) < 4.78 is 0. The number of aliphatic hydroxyl groups is 1. The Bertz CT molecular complexity index is 480. The van der Waals surface area contributed by atoms with Crippen molar-refractivity contribution in [2.75, 3.05) is 11.9 Å². The number of aromatic amines is 1. The molecular formula is C11H16N4O. The molecule has 0 fully saturated rings. The summed E-state index contributed by atoms with van der Waals surface area (Å²) in [6.07, 6.45) is 1.82. The van der Waals surface area contributed by atoms with Crippen LogP contribution in [-0.4, -0.2) is 26.6 Å². The predicted molar refractivity (Wildman–Crippen MR) is 63.3 cm³/mol. The summed E-state index contributed by atoms with van der Waals surface area (Å²) in [7, 11) is 0. The van der Waals surface area contributed by atoms with Crippen molar-refractivity contribution in [1.29, 1.82) is 0 Å². The van der Waals surface area contributed by atoms with E-state index in [1.165, 1.54) is 0 Å². The molecule has 0 saturated heterocycles. The first-order valence-electron chi connectivity index (χ1n) is 5.53. The predicted octanol–water partition coefficient (Wildman–Crippen LogP) is 1.83. The van der Waals surface area contributed by atoms with Crippen molar-refractivity contribution in [3.05, 3.63) is 18.1 Å².